The Morgan fingerprint density at radius 3 is 2.86 bits per heavy atom. The van der Waals surface area contributed by atoms with E-state index in [-0.39, 0.29) is 18.3 Å². The van der Waals surface area contributed by atoms with Crippen LogP contribution in [0.5, 0.6) is 0 Å². The zero-order valence-corrected chi connectivity index (χ0v) is 11.6. The van der Waals surface area contributed by atoms with Crippen LogP contribution in [0.4, 0.5) is 11.4 Å². The number of nitrogens with zero attached hydrogens (tertiary/aromatic N) is 1. The third kappa shape index (κ3) is 4.37. The lowest BCUT2D eigenvalue weighted by molar-refractivity contribution is -0.119. The van der Waals surface area contributed by atoms with Crippen LogP contribution in [0, 0.1) is 11.3 Å². The average molecular weight is 285 g/mol. The van der Waals surface area contributed by atoms with Gasteiger partial charge in [-0.05, 0) is 30.3 Å². The summed E-state index contributed by atoms with van der Waals surface area (Å²) in [5.41, 5.74) is 1.51. The third-order valence-electron chi connectivity index (χ3n) is 2.66. The SMILES string of the molecule is COCC(=O)Nc1cccc(NCc2ccc(C#N)o2)c1. The molecule has 0 spiro atoms. The highest BCUT2D eigenvalue weighted by molar-refractivity contribution is 5.92. The number of ether oxygens (including phenoxy) is 1. The summed E-state index contributed by atoms with van der Waals surface area (Å²) < 4.78 is 10.0. The maximum absolute atomic E-state index is 11.4. The highest BCUT2D eigenvalue weighted by atomic mass is 16.5. The summed E-state index contributed by atoms with van der Waals surface area (Å²) in [6.45, 7) is 0.470. The van der Waals surface area contributed by atoms with E-state index in [2.05, 4.69) is 10.6 Å². The molecule has 108 valence electrons. The Morgan fingerprint density at radius 2 is 2.14 bits per heavy atom. The molecule has 1 aromatic heterocycles. The second-order valence-corrected chi connectivity index (χ2v) is 4.29. The number of methoxy groups -OCH3 is 1. The molecule has 1 aromatic carbocycles. The summed E-state index contributed by atoms with van der Waals surface area (Å²) in [5, 5.41) is 14.6. The highest BCUT2D eigenvalue weighted by Crippen LogP contribution is 2.16. The number of hydrogen-bond acceptors (Lipinski definition) is 5. The molecule has 2 rings (SSSR count). The molecular weight excluding hydrogens is 270 g/mol. The van der Waals surface area contributed by atoms with Gasteiger partial charge in [0.2, 0.25) is 11.7 Å². The molecule has 0 aliphatic carbocycles. The Kier molecular flexibility index (Phi) is 4.96. The van der Waals surface area contributed by atoms with Crippen molar-refractivity contribution in [1.82, 2.24) is 0 Å². The molecule has 0 unspecified atom stereocenters. The molecule has 0 radical (unpaired) electrons. The summed E-state index contributed by atoms with van der Waals surface area (Å²) in [4.78, 5) is 11.4. The number of anilines is 2. The van der Waals surface area contributed by atoms with Crippen LogP contribution >= 0.6 is 0 Å². The van der Waals surface area contributed by atoms with Gasteiger partial charge in [0.15, 0.2) is 0 Å². The Bertz CT molecular complexity index is 658. The van der Waals surface area contributed by atoms with Crippen LogP contribution in [0.3, 0.4) is 0 Å². The third-order valence-corrected chi connectivity index (χ3v) is 2.66. The Morgan fingerprint density at radius 1 is 1.33 bits per heavy atom. The maximum Gasteiger partial charge on any atom is 0.250 e. The van der Waals surface area contributed by atoms with Crippen LogP contribution in [0.15, 0.2) is 40.8 Å². The van der Waals surface area contributed by atoms with Gasteiger partial charge in [0.25, 0.3) is 0 Å². The molecular formula is C15H15N3O3. The van der Waals surface area contributed by atoms with Gasteiger partial charge in [-0.3, -0.25) is 4.79 Å². The van der Waals surface area contributed by atoms with E-state index in [0.717, 1.165) is 5.69 Å². The van der Waals surface area contributed by atoms with Crippen LogP contribution in [-0.2, 0) is 16.1 Å². The molecule has 0 fully saturated rings. The van der Waals surface area contributed by atoms with E-state index in [1.807, 2.05) is 24.3 Å². The Balaban J connectivity index is 1.94. The van der Waals surface area contributed by atoms with Crippen molar-refractivity contribution >= 4 is 17.3 Å². The van der Waals surface area contributed by atoms with Crippen molar-refractivity contribution in [1.29, 1.82) is 5.26 Å². The van der Waals surface area contributed by atoms with Crippen molar-refractivity contribution in [2.24, 2.45) is 0 Å². The first-order valence-electron chi connectivity index (χ1n) is 6.33. The molecule has 1 heterocycles. The van der Waals surface area contributed by atoms with Gasteiger partial charge >= 0.3 is 0 Å². The molecule has 0 saturated heterocycles. The lowest BCUT2D eigenvalue weighted by atomic mass is 10.2. The van der Waals surface area contributed by atoms with Gasteiger partial charge in [-0.2, -0.15) is 5.26 Å². The minimum atomic E-state index is -0.209. The summed E-state index contributed by atoms with van der Waals surface area (Å²) in [5.74, 6) is 0.743. The van der Waals surface area contributed by atoms with Crippen molar-refractivity contribution in [2.45, 2.75) is 6.54 Å². The Labute approximate surface area is 122 Å². The molecule has 1 amide bonds. The van der Waals surface area contributed by atoms with Gasteiger partial charge in [0.05, 0.1) is 6.54 Å². The summed E-state index contributed by atoms with van der Waals surface area (Å²) in [6, 6.07) is 12.6. The maximum atomic E-state index is 11.4. The lowest BCUT2D eigenvalue weighted by Crippen LogP contribution is -2.17. The Hall–Kier alpha value is -2.78. The topological polar surface area (TPSA) is 87.3 Å². The molecule has 2 N–H and O–H groups in total. The number of nitrogens with one attached hydrogen (secondary N) is 2. The van der Waals surface area contributed by atoms with Gasteiger partial charge in [-0.25, -0.2) is 0 Å². The number of hydrogen-bond donors (Lipinski definition) is 2. The molecule has 0 saturated carbocycles. The van der Waals surface area contributed by atoms with Crippen LogP contribution in [-0.4, -0.2) is 19.6 Å². The average Bonchev–Trinajstić information content (AvgIpc) is 2.94. The molecule has 21 heavy (non-hydrogen) atoms. The number of benzene rings is 1. The molecule has 0 aliphatic heterocycles. The van der Waals surface area contributed by atoms with Crippen LogP contribution in [0.1, 0.15) is 11.5 Å². The van der Waals surface area contributed by atoms with Crippen LogP contribution in [0.2, 0.25) is 0 Å². The number of carbonyl (C=O) groups excluding carboxylic acids is 1. The quantitative estimate of drug-likeness (QED) is 0.850. The number of carbonyl (C=O) groups is 1. The fourth-order valence-corrected chi connectivity index (χ4v) is 1.76. The van der Waals surface area contributed by atoms with Crippen molar-refractivity contribution in [3.63, 3.8) is 0 Å². The molecule has 2 aromatic rings. The fourth-order valence-electron chi connectivity index (χ4n) is 1.76. The minimum absolute atomic E-state index is 0.0149. The molecule has 0 atom stereocenters. The fraction of sp³-hybridized carbons (Fsp3) is 0.200. The summed E-state index contributed by atoms with van der Waals surface area (Å²) >= 11 is 0. The predicted octanol–water partition coefficient (Wildman–Crippen LogP) is 2.35. The van der Waals surface area contributed by atoms with Crippen LogP contribution in [0.25, 0.3) is 0 Å². The number of furan rings is 1. The largest absolute Gasteiger partial charge is 0.449 e. The van der Waals surface area contributed by atoms with Gasteiger partial charge in [0, 0.05) is 18.5 Å². The zero-order chi connectivity index (χ0) is 15.1. The molecule has 0 aliphatic rings. The van der Waals surface area contributed by atoms with Crippen molar-refractivity contribution in [3.05, 3.63) is 47.9 Å². The molecule has 0 bridgehead atoms. The van der Waals surface area contributed by atoms with Crippen molar-refractivity contribution in [3.8, 4) is 6.07 Å². The predicted molar refractivity (Wildman–Crippen MR) is 77.7 cm³/mol. The first-order valence-corrected chi connectivity index (χ1v) is 6.33. The molecule has 6 nitrogen and oxygen atoms in total. The zero-order valence-electron chi connectivity index (χ0n) is 11.6. The van der Waals surface area contributed by atoms with E-state index in [9.17, 15) is 4.79 Å². The van der Waals surface area contributed by atoms with E-state index in [4.69, 9.17) is 14.4 Å². The van der Waals surface area contributed by atoms with E-state index < -0.39 is 0 Å². The van der Waals surface area contributed by atoms with E-state index in [1.54, 1.807) is 18.2 Å². The van der Waals surface area contributed by atoms with E-state index in [1.165, 1.54) is 7.11 Å². The monoisotopic (exact) mass is 285 g/mol. The lowest BCUT2D eigenvalue weighted by Gasteiger charge is -2.08. The smallest absolute Gasteiger partial charge is 0.250 e. The van der Waals surface area contributed by atoms with Gasteiger partial charge < -0.3 is 19.8 Å². The number of amides is 1. The van der Waals surface area contributed by atoms with E-state index >= 15 is 0 Å². The summed E-state index contributed by atoms with van der Waals surface area (Å²) in [6.07, 6.45) is 0. The van der Waals surface area contributed by atoms with Gasteiger partial charge in [-0.15, -0.1) is 0 Å². The second kappa shape index (κ2) is 7.12. The minimum Gasteiger partial charge on any atom is -0.449 e. The first-order chi connectivity index (χ1) is 10.2. The standard InChI is InChI=1S/C15H15N3O3/c1-20-10-15(19)18-12-4-2-3-11(7-12)17-9-14-6-5-13(8-16)21-14/h2-7,17H,9-10H2,1H3,(H,18,19). The van der Waals surface area contributed by atoms with Gasteiger partial charge in [0.1, 0.15) is 18.4 Å². The second-order valence-electron chi connectivity index (χ2n) is 4.29. The number of nitriles is 1. The summed E-state index contributed by atoms with van der Waals surface area (Å²) in [7, 11) is 1.47. The normalized spacial score (nSPS) is 9.90. The molecule has 6 heteroatoms. The number of rotatable bonds is 6. The van der Waals surface area contributed by atoms with Gasteiger partial charge in [-0.1, -0.05) is 6.07 Å². The highest BCUT2D eigenvalue weighted by Gasteiger charge is 2.03. The first kappa shape index (κ1) is 14.6. The van der Waals surface area contributed by atoms with E-state index in [0.29, 0.717) is 18.0 Å². The van der Waals surface area contributed by atoms with Crippen LogP contribution < -0.4 is 10.6 Å². The van der Waals surface area contributed by atoms with Crippen molar-refractivity contribution in [2.75, 3.05) is 24.4 Å². The van der Waals surface area contributed by atoms with Crippen molar-refractivity contribution < 1.29 is 13.9 Å².